The van der Waals surface area contributed by atoms with Crippen LogP contribution in [0, 0.1) is 0 Å². The molecule has 0 aromatic carbocycles. The molecule has 0 saturated heterocycles. The van der Waals surface area contributed by atoms with E-state index in [0.717, 1.165) is 0 Å². The standard InChI is InChI=1S/C7H9ClN2O2S/c1-6(5-8)13(11,12)7-3-2-4-9-10-7/h2-4,6H,5H2,1H3. The molecule has 1 atom stereocenters. The third-order valence-electron chi connectivity index (χ3n) is 1.59. The summed E-state index contributed by atoms with van der Waals surface area (Å²) in [5.41, 5.74) is 0. The number of alkyl halides is 1. The topological polar surface area (TPSA) is 59.9 Å². The summed E-state index contributed by atoms with van der Waals surface area (Å²) in [7, 11) is -3.39. The lowest BCUT2D eigenvalue weighted by molar-refractivity contribution is 0.581. The maximum absolute atomic E-state index is 11.6. The van der Waals surface area contributed by atoms with E-state index in [1.807, 2.05) is 0 Å². The van der Waals surface area contributed by atoms with Crippen LogP contribution in [0.3, 0.4) is 0 Å². The van der Waals surface area contributed by atoms with E-state index in [9.17, 15) is 8.42 Å². The van der Waals surface area contributed by atoms with Crippen LogP contribution >= 0.6 is 11.6 Å². The Balaban J connectivity index is 3.09. The summed E-state index contributed by atoms with van der Waals surface area (Å²) < 4.78 is 23.2. The van der Waals surface area contributed by atoms with Gasteiger partial charge in [0.05, 0.1) is 5.25 Å². The van der Waals surface area contributed by atoms with Crippen LogP contribution in [0.5, 0.6) is 0 Å². The van der Waals surface area contributed by atoms with Gasteiger partial charge in [-0.25, -0.2) is 8.42 Å². The van der Waals surface area contributed by atoms with E-state index in [4.69, 9.17) is 11.6 Å². The molecule has 0 radical (unpaired) electrons. The summed E-state index contributed by atoms with van der Waals surface area (Å²) in [5.74, 6) is 0.0545. The Morgan fingerprint density at radius 1 is 1.62 bits per heavy atom. The molecule has 1 heterocycles. The Morgan fingerprint density at radius 3 is 2.77 bits per heavy atom. The molecule has 0 N–H and O–H groups in total. The Hall–Kier alpha value is -0.680. The smallest absolute Gasteiger partial charge is 0.201 e. The Bertz CT molecular complexity index is 365. The van der Waals surface area contributed by atoms with Crippen LogP contribution in [-0.4, -0.2) is 29.7 Å². The molecule has 6 heteroatoms. The second-order valence-electron chi connectivity index (χ2n) is 2.57. The predicted octanol–water partition coefficient (Wildman–Crippen LogP) is 0.878. The molecular weight excluding hydrogens is 212 g/mol. The summed E-state index contributed by atoms with van der Waals surface area (Å²) in [4.78, 5) is 0. The molecule has 0 aliphatic heterocycles. The summed E-state index contributed by atoms with van der Waals surface area (Å²) in [6.45, 7) is 1.54. The number of hydrogen-bond donors (Lipinski definition) is 0. The first-order chi connectivity index (χ1) is 6.09. The number of aromatic nitrogens is 2. The van der Waals surface area contributed by atoms with Crippen molar-refractivity contribution in [3.05, 3.63) is 18.3 Å². The lowest BCUT2D eigenvalue weighted by Gasteiger charge is -2.06. The highest BCUT2D eigenvalue weighted by molar-refractivity contribution is 7.92. The molecule has 0 aliphatic carbocycles. The highest BCUT2D eigenvalue weighted by atomic mass is 35.5. The third kappa shape index (κ3) is 2.16. The fraction of sp³-hybridized carbons (Fsp3) is 0.429. The Kier molecular flexibility index (Phi) is 3.22. The fourth-order valence-electron chi connectivity index (χ4n) is 0.728. The number of halogens is 1. The highest BCUT2D eigenvalue weighted by Crippen LogP contribution is 2.12. The van der Waals surface area contributed by atoms with Gasteiger partial charge in [0.25, 0.3) is 0 Å². The van der Waals surface area contributed by atoms with Gasteiger partial charge in [0, 0.05) is 12.1 Å². The van der Waals surface area contributed by atoms with E-state index < -0.39 is 15.1 Å². The highest BCUT2D eigenvalue weighted by Gasteiger charge is 2.23. The van der Waals surface area contributed by atoms with Gasteiger partial charge in [0.2, 0.25) is 9.84 Å². The van der Waals surface area contributed by atoms with Crippen molar-refractivity contribution in [3.63, 3.8) is 0 Å². The molecule has 1 unspecified atom stereocenters. The van der Waals surface area contributed by atoms with E-state index in [2.05, 4.69) is 10.2 Å². The molecule has 72 valence electrons. The molecule has 0 amide bonds. The van der Waals surface area contributed by atoms with Crippen LogP contribution in [-0.2, 0) is 9.84 Å². The average molecular weight is 221 g/mol. The first kappa shape index (κ1) is 10.4. The number of nitrogens with zero attached hydrogens (tertiary/aromatic N) is 2. The number of sulfone groups is 1. The van der Waals surface area contributed by atoms with E-state index >= 15 is 0 Å². The van der Waals surface area contributed by atoms with E-state index in [-0.39, 0.29) is 10.9 Å². The molecule has 4 nitrogen and oxygen atoms in total. The van der Waals surface area contributed by atoms with Crippen molar-refractivity contribution in [2.75, 3.05) is 5.88 Å². The zero-order chi connectivity index (χ0) is 9.90. The minimum atomic E-state index is -3.39. The maximum Gasteiger partial charge on any atom is 0.201 e. The normalized spacial score (nSPS) is 14.0. The van der Waals surface area contributed by atoms with Crippen molar-refractivity contribution in [1.29, 1.82) is 0 Å². The van der Waals surface area contributed by atoms with Crippen LogP contribution in [0.15, 0.2) is 23.4 Å². The fourth-order valence-corrected chi connectivity index (χ4v) is 2.23. The van der Waals surface area contributed by atoms with Gasteiger partial charge in [-0.1, -0.05) is 0 Å². The molecule has 13 heavy (non-hydrogen) atoms. The first-order valence-corrected chi connectivity index (χ1v) is 5.74. The van der Waals surface area contributed by atoms with Gasteiger partial charge < -0.3 is 0 Å². The minimum Gasteiger partial charge on any atom is -0.222 e. The van der Waals surface area contributed by atoms with Gasteiger partial charge in [-0.2, -0.15) is 5.10 Å². The van der Waals surface area contributed by atoms with Crippen LogP contribution in [0.2, 0.25) is 0 Å². The van der Waals surface area contributed by atoms with Crippen LogP contribution in [0.4, 0.5) is 0 Å². The van der Waals surface area contributed by atoms with Crippen molar-refractivity contribution >= 4 is 21.4 Å². The summed E-state index contributed by atoms with van der Waals surface area (Å²) in [6, 6.07) is 2.94. The Labute approximate surface area is 81.9 Å². The van der Waals surface area contributed by atoms with E-state index in [1.165, 1.54) is 25.3 Å². The number of rotatable bonds is 3. The lowest BCUT2D eigenvalue weighted by Crippen LogP contribution is -2.20. The second kappa shape index (κ2) is 4.02. The summed E-state index contributed by atoms with van der Waals surface area (Å²) in [6.07, 6.45) is 1.42. The molecule has 0 saturated carbocycles. The first-order valence-electron chi connectivity index (χ1n) is 3.66. The average Bonchev–Trinajstić information content (AvgIpc) is 2.18. The zero-order valence-electron chi connectivity index (χ0n) is 7.01. The third-order valence-corrected chi connectivity index (χ3v) is 4.26. The SMILES string of the molecule is CC(CCl)S(=O)(=O)c1cccnn1. The molecule has 0 bridgehead atoms. The summed E-state index contributed by atoms with van der Waals surface area (Å²) >= 11 is 5.46. The maximum atomic E-state index is 11.6. The van der Waals surface area contributed by atoms with Crippen molar-refractivity contribution in [1.82, 2.24) is 10.2 Å². The largest absolute Gasteiger partial charge is 0.222 e. The van der Waals surface area contributed by atoms with Gasteiger partial charge in [0.15, 0.2) is 5.03 Å². The quantitative estimate of drug-likeness (QED) is 0.710. The molecule has 1 rings (SSSR count). The molecule has 0 spiro atoms. The summed E-state index contributed by atoms with van der Waals surface area (Å²) in [5, 5.41) is 6.36. The van der Waals surface area contributed by atoms with E-state index in [0.29, 0.717) is 0 Å². The van der Waals surface area contributed by atoms with Crippen molar-refractivity contribution in [3.8, 4) is 0 Å². The predicted molar refractivity (Wildman–Crippen MR) is 49.4 cm³/mol. The second-order valence-corrected chi connectivity index (χ2v) is 5.19. The van der Waals surface area contributed by atoms with Crippen LogP contribution < -0.4 is 0 Å². The lowest BCUT2D eigenvalue weighted by atomic mass is 10.6. The van der Waals surface area contributed by atoms with Gasteiger partial charge >= 0.3 is 0 Å². The molecule has 0 aliphatic rings. The Morgan fingerprint density at radius 2 is 2.31 bits per heavy atom. The molecule has 1 aromatic rings. The van der Waals surface area contributed by atoms with E-state index in [1.54, 1.807) is 0 Å². The van der Waals surface area contributed by atoms with Crippen molar-refractivity contribution in [2.24, 2.45) is 0 Å². The molecule has 0 fully saturated rings. The van der Waals surface area contributed by atoms with Crippen LogP contribution in [0.1, 0.15) is 6.92 Å². The van der Waals surface area contributed by atoms with Gasteiger partial charge in [-0.3, -0.25) is 0 Å². The van der Waals surface area contributed by atoms with Gasteiger partial charge in [0.1, 0.15) is 0 Å². The van der Waals surface area contributed by atoms with Crippen molar-refractivity contribution in [2.45, 2.75) is 17.2 Å². The number of hydrogen-bond acceptors (Lipinski definition) is 4. The zero-order valence-corrected chi connectivity index (χ0v) is 8.59. The van der Waals surface area contributed by atoms with Gasteiger partial charge in [-0.15, -0.1) is 16.7 Å². The van der Waals surface area contributed by atoms with Crippen molar-refractivity contribution < 1.29 is 8.42 Å². The van der Waals surface area contributed by atoms with Crippen LogP contribution in [0.25, 0.3) is 0 Å². The van der Waals surface area contributed by atoms with Gasteiger partial charge in [-0.05, 0) is 19.1 Å². The minimum absolute atomic E-state index is 0.0249. The monoisotopic (exact) mass is 220 g/mol. The molecular formula is C7H9ClN2O2S. The molecule has 1 aromatic heterocycles.